The Hall–Kier alpha value is -1.59. The summed E-state index contributed by atoms with van der Waals surface area (Å²) in [6, 6.07) is 8.74. The monoisotopic (exact) mass is 319 g/mol. The molecule has 1 unspecified atom stereocenters. The molecule has 5 nitrogen and oxygen atoms in total. The molecule has 2 N–H and O–H groups in total. The summed E-state index contributed by atoms with van der Waals surface area (Å²) >= 11 is 0. The van der Waals surface area contributed by atoms with Gasteiger partial charge >= 0.3 is 6.03 Å². The number of benzene rings is 1. The first-order valence-corrected chi connectivity index (χ1v) is 8.41. The van der Waals surface area contributed by atoms with Crippen molar-refractivity contribution >= 4 is 6.03 Å². The van der Waals surface area contributed by atoms with Crippen LogP contribution in [0.25, 0.3) is 0 Å². The molecule has 0 spiro atoms. The quantitative estimate of drug-likeness (QED) is 0.846. The molecule has 0 aromatic heterocycles. The van der Waals surface area contributed by atoms with Crippen molar-refractivity contribution in [3.63, 3.8) is 0 Å². The Morgan fingerprint density at radius 2 is 2.04 bits per heavy atom. The van der Waals surface area contributed by atoms with E-state index in [2.05, 4.69) is 46.7 Å². The molecule has 0 saturated carbocycles. The van der Waals surface area contributed by atoms with Crippen LogP contribution in [0.1, 0.15) is 30.9 Å². The Bertz CT molecular complexity index is 499. The van der Waals surface area contributed by atoms with Crippen LogP contribution in [0.4, 0.5) is 4.79 Å². The van der Waals surface area contributed by atoms with Crippen molar-refractivity contribution in [3.05, 3.63) is 35.4 Å². The standard InChI is InChI=1S/C18H29N3O2/c1-14-6-4-5-7-16(14)12-21-10-8-17(9-11-21)20-18(22)19-15(2)13-23-3/h4-7,15,17H,8-13H2,1-3H3,(H2,19,20,22). The second-order valence-electron chi connectivity index (χ2n) is 6.45. The zero-order chi connectivity index (χ0) is 16.7. The van der Waals surface area contributed by atoms with Gasteiger partial charge in [0.2, 0.25) is 0 Å². The average Bonchev–Trinajstić information content (AvgIpc) is 2.51. The van der Waals surface area contributed by atoms with Crippen LogP contribution in [0.2, 0.25) is 0 Å². The van der Waals surface area contributed by atoms with Crippen LogP contribution in [0.3, 0.4) is 0 Å². The van der Waals surface area contributed by atoms with Crippen molar-refractivity contribution < 1.29 is 9.53 Å². The highest BCUT2D eigenvalue weighted by atomic mass is 16.5. The lowest BCUT2D eigenvalue weighted by atomic mass is 10.0. The molecule has 23 heavy (non-hydrogen) atoms. The van der Waals surface area contributed by atoms with Crippen LogP contribution < -0.4 is 10.6 Å². The van der Waals surface area contributed by atoms with E-state index in [0.29, 0.717) is 6.61 Å². The number of hydrogen-bond donors (Lipinski definition) is 2. The molecule has 1 atom stereocenters. The second-order valence-corrected chi connectivity index (χ2v) is 6.45. The fourth-order valence-electron chi connectivity index (χ4n) is 3.01. The highest BCUT2D eigenvalue weighted by molar-refractivity contribution is 5.74. The van der Waals surface area contributed by atoms with E-state index in [4.69, 9.17) is 4.74 Å². The van der Waals surface area contributed by atoms with Crippen molar-refractivity contribution in [2.75, 3.05) is 26.8 Å². The molecule has 0 aliphatic carbocycles. The highest BCUT2D eigenvalue weighted by Gasteiger charge is 2.21. The summed E-state index contributed by atoms with van der Waals surface area (Å²) in [6.45, 7) is 7.67. The maximum atomic E-state index is 11.9. The van der Waals surface area contributed by atoms with Crippen LogP contribution in [-0.4, -0.2) is 49.8 Å². The SMILES string of the molecule is COCC(C)NC(=O)NC1CCN(Cc2ccccc2C)CC1. The van der Waals surface area contributed by atoms with Crippen LogP contribution in [0.15, 0.2) is 24.3 Å². The summed E-state index contributed by atoms with van der Waals surface area (Å²) in [5.41, 5.74) is 2.74. The lowest BCUT2D eigenvalue weighted by molar-refractivity contribution is 0.165. The van der Waals surface area contributed by atoms with Gasteiger partial charge in [-0.3, -0.25) is 4.90 Å². The molecule has 1 heterocycles. The summed E-state index contributed by atoms with van der Waals surface area (Å²) in [5, 5.41) is 5.97. The molecule has 1 aromatic rings. The predicted octanol–water partition coefficient (Wildman–Crippen LogP) is 2.29. The number of piperidine rings is 1. The third-order valence-electron chi connectivity index (χ3n) is 4.37. The number of nitrogens with one attached hydrogen (secondary N) is 2. The zero-order valence-corrected chi connectivity index (χ0v) is 14.5. The number of aryl methyl sites for hydroxylation is 1. The normalized spacial score (nSPS) is 17.7. The number of nitrogens with zero attached hydrogens (tertiary/aromatic N) is 1. The van der Waals surface area contributed by atoms with Crippen LogP contribution in [0.5, 0.6) is 0 Å². The Kier molecular flexibility index (Phi) is 6.86. The molecule has 1 aliphatic heterocycles. The summed E-state index contributed by atoms with van der Waals surface area (Å²) < 4.78 is 5.03. The largest absolute Gasteiger partial charge is 0.383 e. The second kappa shape index (κ2) is 8.89. The van der Waals surface area contributed by atoms with Gasteiger partial charge in [-0.05, 0) is 37.8 Å². The molecule has 0 radical (unpaired) electrons. The maximum Gasteiger partial charge on any atom is 0.315 e. The molecule has 2 rings (SSSR count). The van der Waals surface area contributed by atoms with Gasteiger partial charge < -0.3 is 15.4 Å². The van der Waals surface area contributed by atoms with Crippen LogP contribution in [-0.2, 0) is 11.3 Å². The van der Waals surface area contributed by atoms with E-state index in [1.54, 1.807) is 7.11 Å². The fraction of sp³-hybridized carbons (Fsp3) is 0.611. The first-order valence-electron chi connectivity index (χ1n) is 8.41. The number of methoxy groups -OCH3 is 1. The van der Waals surface area contributed by atoms with Gasteiger partial charge in [0.15, 0.2) is 0 Å². The lowest BCUT2D eigenvalue weighted by Gasteiger charge is -2.32. The van der Waals surface area contributed by atoms with Gasteiger partial charge in [0, 0.05) is 32.8 Å². The van der Waals surface area contributed by atoms with Crippen molar-refractivity contribution in [3.8, 4) is 0 Å². The van der Waals surface area contributed by atoms with Crippen LogP contribution >= 0.6 is 0 Å². The van der Waals surface area contributed by atoms with Gasteiger partial charge in [-0.1, -0.05) is 24.3 Å². The molecular weight excluding hydrogens is 290 g/mol. The molecule has 128 valence electrons. The van der Waals surface area contributed by atoms with Gasteiger partial charge in [-0.2, -0.15) is 0 Å². The fourth-order valence-corrected chi connectivity index (χ4v) is 3.01. The topological polar surface area (TPSA) is 53.6 Å². The Labute approximate surface area is 139 Å². The molecule has 1 aromatic carbocycles. The Morgan fingerprint density at radius 3 is 2.70 bits per heavy atom. The summed E-state index contributed by atoms with van der Waals surface area (Å²) in [5.74, 6) is 0. The molecule has 2 amide bonds. The first-order chi connectivity index (χ1) is 11.1. The average molecular weight is 319 g/mol. The number of rotatable bonds is 6. The Morgan fingerprint density at radius 1 is 1.35 bits per heavy atom. The van der Waals surface area contributed by atoms with Gasteiger partial charge in [0.1, 0.15) is 0 Å². The summed E-state index contributed by atoms with van der Waals surface area (Å²) in [6.07, 6.45) is 2.00. The van der Waals surface area contributed by atoms with E-state index in [1.807, 2.05) is 6.92 Å². The predicted molar refractivity (Wildman–Crippen MR) is 92.5 cm³/mol. The van der Waals surface area contributed by atoms with Gasteiger partial charge in [0.05, 0.1) is 12.6 Å². The summed E-state index contributed by atoms with van der Waals surface area (Å²) in [7, 11) is 1.64. The van der Waals surface area contributed by atoms with E-state index in [0.717, 1.165) is 32.5 Å². The van der Waals surface area contributed by atoms with Crippen molar-refractivity contribution in [1.82, 2.24) is 15.5 Å². The molecule has 5 heteroatoms. The Balaban J connectivity index is 1.71. The van der Waals surface area contributed by atoms with Crippen molar-refractivity contribution in [1.29, 1.82) is 0 Å². The van der Waals surface area contributed by atoms with Gasteiger partial charge in [-0.25, -0.2) is 4.79 Å². The third kappa shape index (κ3) is 5.84. The smallest absolute Gasteiger partial charge is 0.315 e. The minimum absolute atomic E-state index is 0.0288. The van der Waals surface area contributed by atoms with Crippen molar-refractivity contribution in [2.45, 2.75) is 45.3 Å². The van der Waals surface area contributed by atoms with E-state index in [9.17, 15) is 4.79 Å². The van der Waals surface area contributed by atoms with E-state index in [-0.39, 0.29) is 18.1 Å². The minimum Gasteiger partial charge on any atom is -0.383 e. The lowest BCUT2D eigenvalue weighted by Crippen LogP contribution is -2.50. The maximum absolute atomic E-state index is 11.9. The van der Waals surface area contributed by atoms with Gasteiger partial charge in [0.25, 0.3) is 0 Å². The van der Waals surface area contributed by atoms with E-state index >= 15 is 0 Å². The summed E-state index contributed by atoms with van der Waals surface area (Å²) in [4.78, 5) is 14.4. The van der Waals surface area contributed by atoms with E-state index in [1.165, 1.54) is 11.1 Å². The number of urea groups is 1. The number of carbonyl (C=O) groups is 1. The van der Waals surface area contributed by atoms with Crippen LogP contribution in [0, 0.1) is 6.92 Å². The number of carbonyl (C=O) groups excluding carboxylic acids is 1. The minimum atomic E-state index is -0.0908. The highest BCUT2D eigenvalue weighted by Crippen LogP contribution is 2.16. The van der Waals surface area contributed by atoms with E-state index < -0.39 is 0 Å². The molecule has 1 saturated heterocycles. The molecule has 1 fully saturated rings. The number of hydrogen-bond acceptors (Lipinski definition) is 3. The van der Waals surface area contributed by atoms with Crippen molar-refractivity contribution in [2.24, 2.45) is 0 Å². The number of likely N-dealkylation sites (tertiary alicyclic amines) is 1. The molecule has 0 bridgehead atoms. The number of amides is 2. The first kappa shape index (κ1) is 17.8. The number of ether oxygens (including phenoxy) is 1. The zero-order valence-electron chi connectivity index (χ0n) is 14.5. The third-order valence-corrected chi connectivity index (χ3v) is 4.37. The molecule has 1 aliphatic rings. The molecular formula is C18H29N3O2. The van der Waals surface area contributed by atoms with Gasteiger partial charge in [-0.15, -0.1) is 0 Å².